The van der Waals surface area contributed by atoms with E-state index < -0.39 is 23.6 Å². The second-order valence-corrected chi connectivity index (χ2v) is 15.2. The maximum Gasteiger partial charge on any atom is 0.416 e. The number of fused-ring (bicyclic) bond motifs is 1. The number of likely N-dealkylation sites (N-methyl/N-ethyl adjacent to an activating group) is 1. The molecule has 20 heteroatoms. The van der Waals surface area contributed by atoms with E-state index in [2.05, 4.69) is 11.2 Å². The van der Waals surface area contributed by atoms with Crippen molar-refractivity contribution in [2.45, 2.75) is 51.6 Å². The first-order valence-electron chi connectivity index (χ1n) is 22.7. The lowest BCUT2D eigenvalue weighted by atomic mass is 9.95. The Morgan fingerprint density at radius 1 is 0.771 bits per heavy atom. The number of carbonyl (C=O) groups excluding carboxylic acids is 6. The van der Waals surface area contributed by atoms with Gasteiger partial charge >= 0.3 is 6.18 Å². The van der Waals surface area contributed by atoms with Crippen LogP contribution in [0.3, 0.4) is 0 Å². The Hall–Kier alpha value is -6.45. The summed E-state index contributed by atoms with van der Waals surface area (Å²) in [5, 5.41) is 2.91. The van der Waals surface area contributed by atoms with E-state index >= 15 is 0 Å². The molecule has 1 saturated heterocycles. The highest BCUT2D eigenvalue weighted by atomic mass is 19.4. The summed E-state index contributed by atoms with van der Waals surface area (Å²) in [6.07, 6.45) is 6.28. The van der Waals surface area contributed by atoms with Crippen LogP contribution in [0.2, 0.25) is 0 Å². The van der Waals surface area contributed by atoms with Crippen molar-refractivity contribution in [3.05, 3.63) is 108 Å². The van der Waals surface area contributed by atoms with Crippen molar-refractivity contribution in [3.63, 3.8) is 0 Å². The number of rotatable bonds is 29. The number of allylic oxidation sites excluding steroid dienone is 2. The smallest absolute Gasteiger partial charge is 0.416 e. The van der Waals surface area contributed by atoms with Crippen LogP contribution in [0.4, 0.5) is 13.2 Å². The van der Waals surface area contributed by atoms with Crippen molar-refractivity contribution in [1.29, 1.82) is 0 Å². The predicted molar refractivity (Wildman–Crippen MR) is 256 cm³/mol. The lowest BCUT2D eigenvalue weighted by Gasteiger charge is -2.38. The second kappa shape index (κ2) is 35.6. The van der Waals surface area contributed by atoms with Gasteiger partial charge in [0.05, 0.1) is 70.6 Å². The Morgan fingerprint density at radius 3 is 1.90 bits per heavy atom. The Bertz CT molecular complexity index is 2110. The molecule has 0 aromatic heterocycles. The highest BCUT2D eigenvalue weighted by Gasteiger charge is 2.30. The van der Waals surface area contributed by atoms with Crippen LogP contribution in [0.25, 0.3) is 10.8 Å². The van der Waals surface area contributed by atoms with Crippen molar-refractivity contribution in [3.8, 4) is 11.5 Å². The highest BCUT2D eigenvalue weighted by Crippen LogP contribution is 2.33. The maximum absolute atomic E-state index is 12.8. The van der Waals surface area contributed by atoms with Crippen molar-refractivity contribution >= 4 is 47.5 Å². The van der Waals surface area contributed by atoms with Gasteiger partial charge in [-0.2, -0.15) is 13.2 Å². The number of nitrogens with one attached hydrogen (secondary N) is 1. The first-order valence-corrected chi connectivity index (χ1v) is 22.7. The molecule has 70 heavy (non-hydrogen) atoms. The van der Waals surface area contributed by atoms with E-state index in [4.69, 9.17) is 38.9 Å². The number of alkyl halides is 3. The summed E-state index contributed by atoms with van der Waals surface area (Å²) in [5.74, 6) is 0.708. The van der Waals surface area contributed by atoms with E-state index in [-0.39, 0.29) is 36.3 Å². The molecule has 0 spiro atoms. The zero-order valence-electron chi connectivity index (χ0n) is 39.8. The molecule has 0 radical (unpaired) electrons. The van der Waals surface area contributed by atoms with Crippen molar-refractivity contribution in [1.82, 2.24) is 15.3 Å². The third-order valence-corrected chi connectivity index (χ3v) is 9.95. The fourth-order valence-electron chi connectivity index (χ4n) is 6.30. The Balaban J connectivity index is 0.000000572. The Labute approximate surface area is 406 Å². The van der Waals surface area contributed by atoms with E-state index in [1.54, 1.807) is 25.1 Å². The van der Waals surface area contributed by atoms with Gasteiger partial charge in [-0.05, 0) is 73.4 Å². The van der Waals surface area contributed by atoms with Crippen LogP contribution < -0.4 is 21.6 Å². The van der Waals surface area contributed by atoms with Crippen LogP contribution in [0.5, 0.6) is 11.5 Å². The second-order valence-electron chi connectivity index (χ2n) is 15.2. The van der Waals surface area contributed by atoms with Crippen LogP contribution in [-0.2, 0) is 58.6 Å². The summed E-state index contributed by atoms with van der Waals surface area (Å²) < 4.78 is 70.8. The Morgan fingerprint density at radius 2 is 1.34 bits per heavy atom. The monoisotopic (exact) mass is 985 g/mol. The number of hydrazine groups is 1. The van der Waals surface area contributed by atoms with Crippen molar-refractivity contribution < 1.29 is 70.4 Å². The first-order chi connectivity index (χ1) is 33.8. The number of hydrogen-bond donors (Lipinski definition) is 3. The summed E-state index contributed by atoms with van der Waals surface area (Å²) in [6, 6.07) is 17.9. The number of amides is 4. The number of likely N-dealkylation sites (tertiary alicyclic amines) is 1. The molecular formula is C50H66F3N5O12. The van der Waals surface area contributed by atoms with Crippen LogP contribution in [-0.4, -0.2) is 133 Å². The van der Waals surface area contributed by atoms with Gasteiger partial charge in [0.15, 0.2) is 6.29 Å². The lowest BCUT2D eigenvalue weighted by molar-refractivity contribution is -0.137. The van der Waals surface area contributed by atoms with Gasteiger partial charge in [-0.25, -0.2) is 0 Å². The lowest BCUT2D eigenvalue weighted by Crippen LogP contribution is -2.48. The zero-order chi connectivity index (χ0) is 51.4. The third kappa shape index (κ3) is 24.7. The van der Waals surface area contributed by atoms with Crippen LogP contribution in [0.15, 0.2) is 102 Å². The fraction of sp³-hybridized carbons (Fsp3) is 0.440. The van der Waals surface area contributed by atoms with Gasteiger partial charge in [-0.3, -0.25) is 34.4 Å². The van der Waals surface area contributed by atoms with Gasteiger partial charge in [0, 0.05) is 63.7 Å². The molecule has 3 aromatic rings. The first kappa shape index (κ1) is 59.7. The molecule has 3 aromatic carbocycles. The van der Waals surface area contributed by atoms with E-state index in [1.165, 1.54) is 25.3 Å². The molecule has 1 fully saturated rings. The average Bonchev–Trinajstić information content (AvgIpc) is 3.32. The number of unbranched alkanes of at least 4 members (excludes halogenated alkanes) is 1. The maximum atomic E-state index is 12.8. The number of halogens is 3. The minimum Gasteiger partial charge on any atom is -0.457 e. The van der Waals surface area contributed by atoms with Gasteiger partial charge in [-0.15, -0.1) is 0 Å². The number of ether oxygens (including phenoxy) is 6. The van der Waals surface area contributed by atoms with Gasteiger partial charge in [0.25, 0.3) is 5.91 Å². The number of nitrogens with zero attached hydrogens (tertiary/aromatic N) is 2. The summed E-state index contributed by atoms with van der Waals surface area (Å²) in [7, 11) is 1.36. The molecule has 0 bridgehead atoms. The summed E-state index contributed by atoms with van der Waals surface area (Å²) >= 11 is 0. The molecule has 0 unspecified atom stereocenters. The van der Waals surface area contributed by atoms with Crippen LogP contribution in [0.1, 0.15) is 51.0 Å². The van der Waals surface area contributed by atoms with Gasteiger partial charge in [0.1, 0.15) is 17.8 Å². The van der Waals surface area contributed by atoms with Crippen molar-refractivity contribution in [2.24, 2.45) is 17.4 Å². The minimum atomic E-state index is -4.34. The topological polar surface area (TPSA) is 228 Å². The number of hydrogen-bond acceptors (Lipinski definition) is 13. The molecule has 4 rings (SSSR count). The average molecular weight is 986 g/mol. The summed E-state index contributed by atoms with van der Waals surface area (Å²) in [6.45, 7) is 8.27. The SMILES string of the molecule is CC(=O)N1CC(CCCOCCOCCOCCOCCOCC\C=C/C=C(C(=O)N(C)NC(=O)CCCC=O)\C(C=O)=C\N)C1.FC(F)(F)c1ccc(Oc2cccc3ccccc23)cc1.NC=O. The quantitative estimate of drug-likeness (QED) is 0.0244. The molecule has 384 valence electrons. The van der Waals surface area contributed by atoms with Gasteiger partial charge in [0.2, 0.25) is 18.2 Å². The minimum absolute atomic E-state index is 0.0111. The molecule has 1 heterocycles. The number of carbonyl (C=O) groups is 6. The van der Waals surface area contributed by atoms with E-state index in [0.29, 0.717) is 103 Å². The van der Waals surface area contributed by atoms with Gasteiger partial charge in [-0.1, -0.05) is 48.6 Å². The molecule has 4 amide bonds. The molecular weight excluding hydrogens is 920 g/mol. The summed E-state index contributed by atoms with van der Waals surface area (Å²) in [5.41, 5.74) is 11.4. The number of primary amides is 1. The molecule has 1 aliphatic rings. The Kier molecular flexibility index (Phi) is 30.4. The molecule has 0 atom stereocenters. The molecule has 17 nitrogen and oxygen atoms in total. The largest absolute Gasteiger partial charge is 0.457 e. The van der Waals surface area contributed by atoms with E-state index in [0.717, 1.165) is 66.3 Å². The zero-order valence-corrected chi connectivity index (χ0v) is 39.8. The molecule has 1 aliphatic heterocycles. The molecule has 0 aliphatic carbocycles. The van der Waals surface area contributed by atoms with Crippen LogP contribution >= 0.6 is 0 Å². The number of aldehydes is 2. The van der Waals surface area contributed by atoms with Crippen molar-refractivity contribution in [2.75, 3.05) is 86.2 Å². The van der Waals surface area contributed by atoms with E-state index in [9.17, 15) is 37.1 Å². The van der Waals surface area contributed by atoms with Gasteiger partial charge < -0.3 is 49.6 Å². The number of nitrogens with two attached hydrogens (primary N) is 2. The highest BCUT2D eigenvalue weighted by molar-refractivity contribution is 6.05. The standard InChI is InChI=1S/C32H52N4O10.C17H11F3O.CH3NO/c1-27(39)36-24-28(25-36)9-8-14-43-16-18-45-20-22-46-21-19-44-17-15-42-13-7-3-4-10-30(29(23-33)26-38)32(41)35(2)34-31(40)11-5-6-12-37;18-17(19,20)13-8-10-14(11-9-13)21-16-7-3-5-12-4-1-2-6-15(12)16;2-1-3/h3-4,10,12,23,26,28H,5-9,11,13-22,24-25,33H2,1-2H3,(H,34,40);1-11H;1H,(H2,2,3)/b4-3-,29-23+,30-10+;;. The molecule has 0 saturated carbocycles. The third-order valence-electron chi connectivity index (χ3n) is 9.95. The predicted octanol–water partition coefficient (Wildman–Crippen LogP) is 5.85. The number of benzene rings is 3. The van der Waals surface area contributed by atoms with E-state index in [1.807, 2.05) is 41.3 Å². The van der Waals surface area contributed by atoms with Crippen LogP contribution in [0, 0.1) is 5.92 Å². The molecule has 5 N–H and O–H groups in total. The fourth-order valence-corrected chi connectivity index (χ4v) is 6.30. The normalized spacial score (nSPS) is 12.8. The summed E-state index contributed by atoms with van der Waals surface area (Å²) in [4.78, 5) is 68.1.